The predicted molar refractivity (Wildman–Crippen MR) is 96.4 cm³/mol. The second-order valence-corrected chi connectivity index (χ2v) is 6.43. The number of nitrogens with zero attached hydrogens (tertiary/aromatic N) is 2. The third-order valence-corrected chi connectivity index (χ3v) is 4.23. The molecule has 26 heavy (non-hydrogen) atoms. The molecule has 0 bridgehead atoms. The zero-order valence-electron chi connectivity index (χ0n) is 15.3. The van der Waals surface area contributed by atoms with E-state index in [4.69, 9.17) is 4.74 Å². The van der Waals surface area contributed by atoms with Gasteiger partial charge < -0.3 is 15.4 Å². The molecule has 2 N–H and O–H groups in total. The number of rotatable bonds is 7. The normalized spacial score (nSPS) is 18.8. The minimum atomic E-state index is -4.13. The Kier molecular flexibility index (Phi) is 7.56. The van der Waals surface area contributed by atoms with Crippen LogP contribution in [0.25, 0.3) is 0 Å². The van der Waals surface area contributed by atoms with Crippen molar-refractivity contribution >= 4 is 5.96 Å². The molecule has 1 atom stereocenters. The summed E-state index contributed by atoms with van der Waals surface area (Å²) >= 11 is 0. The summed E-state index contributed by atoms with van der Waals surface area (Å²) in [6.07, 6.45) is -3.37. The van der Waals surface area contributed by atoms with Gasteiger partial charge in [0.1, 0.15) is 5.75 Å². The molecule has 1 fully saturated rings. The molecule has 0 aromatic heterocycles. The minimum absolute atomic E-state index is 0.193. The minimum Gasteiger partial charge on any atom is -0.497 e. The topological polar surface area (TPSA) is 48.9 Å². The number of likely N-dealkylation sites (tertiary alicyclic amines) is 1. The van der Waals surface area contributed by atoms with Gasteiger partial charge in [0, 0.05) is 19.6 Å². The molecule has 0 radical (unpaired) electrons. The summed E-state index contributed by atoms with van der Waals surface area (Å²) in [6.45, 7) is 3.92. The van der Waals surface area contributed by atoms with E-state index in [1.54, 1.807) is 7.11 Å². The number of hydrogen-bond acceptors (Lipinski definition) is 3. The molecule has 0 aliphatic carbocycles. The van der Waals surface area contributed by atoms with Crippen molar-refractivity contribution in [2.24, 2.45) is 10.9 Å². The van der Waals surface area contributed by atoms with Crippen molar-refractivity contribution in [1.82, 2.24) is 15.5 Å². The lowest BCUT2D eigenvalue weighted by molar-refractivity contribution is -0.143. The maximum atomic E-state index is 12.5. The Balaban J connectivity index is 1.84. The maximum absolute atomic E-state index is 12.5. The van der Waals surface area contributed by atoms with Crippen molar-refractivity contribution in [3.05, 3.63) is 29.8 Å². The predicted octanol–water partition coefficient (Wildman–Crippen LogP) is 2.63. The zero-order chi connectivity index (χ0) is 19.0. The van der Waals surface area contributed by atoms with Crippen LogP contribution in [0.1, 0.15) is 18.9 Å². The summed E-state index contributed by atoms with van der Waals surface area (Å²) in [5.74, 6) is 1.65. The van der Waals surface area contributed by atoms with Crippen LogP contribution in [0.5, 0.6) is 5.75 Å². The van der Waals surface area contributed by atoms with Gasteiger partial charge >= 0.3 is 6.18 Å². The number of hydrogen-bond donors (Lipinski definition) is 2. The van der Waals surface area contributed by atoms with E-state index >= 15 is 0 Å². The van der Waals surface area contributed by atoms with Crippen LogP contribution in [0, 0.1) is 5.92 Å². The smallest absolute Gasteiger partial charge is 0.401 e. The van der Waals surface area contributed by atoms with E-state index in [-0.39, 0.29) is 5.92 Å². The van der Waals surface area contributed by atoms with Crippen LogP contribution in [0.4, 0.5) is 13.2 Å². The molecule has 0 saturated carbocycles. The fraction of sp³-hybridized carbons (Fsp3) is 0.611. The highest BCUT2D eigenvalue weighted by molar-refractivity contribution is 5.79. The van der Waals surface area contributed by atoms with E-state index < -0.39 is 12.7 Å². The van der Waals surface area contributed by atoms with Crippen molar-refractivity contribution in [1.29, 1.82) is 0 Å². The second kappa shape index (κ2) is 9.66. The highest BCUT2D eigenvalue weighted by Gasteiger charge is 2.34. The van der Waals surface area contributed by atoms with Gasteiger partial charge in [0.15, 0.2) is 5.96 Å². The van der Waals surface area contributed by atoms with Gasteiger partial charge in [0.25, 0.3) is 0 Å². The van der Waals surface area contributed by atoms with Crippen molar-refractivity contribution in [3.8, 4) is 5.75 Å². The highest BCUT2D eigenvalue weighted by atomic mass is 19.4. The van der Waals surface area contributed by atoms with Gasteiger partial charge in [0.2, 0.25) is 0 Å². The average Bonchev–Trinajstić information content (AvgIpc) is 3.03. The Morgan fingerprint density at radius 3 is 2.85 bits per heavy atom. The van der Waals surface area contributed by atoms with Crippen LogP contribution in [0.3, 0.4) is 0 Å². The number of aliphatic imine (C=N–C) groups is 1. The fourth-order valence-electron chi connectivity index (χ4n) is 3.00. The molecule has 5 nitrogen and oxygen atoms in total. The molecule has 1 aliphatic rings. The highest BCUT2D eigenvalue weighted by Crippen LogP contribution is 2.22. The lowest BCUT2D eigenvalue weighted by Crippen LogP contribution is -2.40. The lowest BCUT2D eigenvalue weighted by Gasteiger charge is -2.18. The lowest BCUT2D eigenvalue weighted by atomic mass is 10.1. The molecule has 8 heteroatoms. The Morgan fingerprint density at radius 2 is 2.15 bits per heavy atom. The number of halogens is 3. The van der Waals surface area contributed by atoms with E-state index in [0.29, 0.717) is 32.1 Å². The van der Waals surface area contributed by atoms with Gasteiger partial charge in [-0.3, -0.25) is 4.90 Å². The Morgan fingerprint density at radius 1 is 1.35 bits per heavy atom. The number of alkyl halides is 3. The van der Waals surface area contributed by atoms with E-state index in [1.165, 1.54) is 4.90 Å². The molecular weight excluding hydrogens is 345 g/mol. The number of benzene rings is 1. The van der Waals surface area contributed by atoms with Crippen molar-refractivity contribution in [2.75, 3.05) is 39.8 Å². The second-order valence-electron chi connectivity index (χ2n) is 6.43. The summed E-state index contributed by atoms with van der Waals surface area (Å²) in [6, 6.07) is 7.70. The van der Waals surface area contributed by atoms with Crippen LogP contribution >= 0.6 is 0 Å². The van der Waals surface area contributed by atoms with Gasteiger partial charge in [-0.2, -0.15) is 13.2 Å². The van der Waals surface area contributed by atoms with Crippen molar-refractivity contribution in [2.45, 2.75) is 26.1 Å². The molecule has 1 aromatic rings. The van der Waals surface area contributed by atoms with Gasteiger partial charge in [-0.1, -0.05) is 12.1 Å². The van der Waals surface area contributed by atoms with Gasteiger partial charge in [0.05, 0.1) is 20.2 Å². The third-order valence-electron chi connectivity index (χ3n) is 4.23. The Hall–Kier alpha value is -1.96. The number of ether oxygens (including phenoxy) is 1. The maximum Gasteiger partial charge on any atom is 0.401 e. The average molecular weight is 372 g/mol. The van der Waals surface area contributed by atoms with Gasteiger partial charge in [-0.05, 0) is 43.5 Å². The van der Waals surface area contributed by atoms with Crippen molar-refractivity contribution < 1.29 is 17.9 Å². The monoisotopic (exact) mass is 372 g/mol. The summed E-state index contributed by atoms with van der Waals surface area (Å²) in [4.78, 5) is 6.01. The first-order valence-electron chi connectivity index (χ1n) is 8.84. The largest absolute Gasteiger partial charge is 0.497 e. The first-order chi connectivity index (χ1) is 12.4. The molecule has 2 rings (SSSR count). The Bertz CT molecular complexity index is 592. The fourth-order valence-corrected chi connectivity index (χ4v) is 3.00. The number of guanidine groups is 1. The van der Waals surface area contributed by atoms with Crippen LogP contribution in [0.2, 0.25) is 0 Å². The Labute approximate surface area is 152 Å². The molecule has 1 aromatic carbocycles. The summed E-state index contributed by atoms with van der Waals surface area (Å²) in [5, 5.41) is 6.41. The molecule has 1 aliphatic heterocycles. The van der Waals surface area contributed by atoms with Crippen molar-refractivity contribution in [3.63, 3.8) is 0 Å². The van der Waals surface area contributed by atoms with Crippen LogP contribution < -0.4 is 15.4 Å². The van der Waals surface area contributed by atoms with Crippen LogP contribution in [-0.2, 0) is 6.54 Å². The molecular formula is C18H27F3N4O. The number of methoxy groups -OCH3 is 1. The first kappa shape index (κ1) is 20.4. The standard InChI is InChI=1S/C18H27F3N4O/c1-3-22-17(23-10-14-5-4-6-16(9-14)26-2)24-11-15-7-8-25(12-15)13-18(19,20)21/h4-6,9,15H,3,7-8,10-13H2,1-2H3,(H2,22,23,24). The summed E-state index contributed by atoms with van der Waals surface area (Å²) in [7, 11) is 1.62. The summed E-state index contributed by atoms with van der Waals surface area (Å²) in [5.41, 5.74) is 1.03. The third kappa shape index (κ3) is 7.11. The molecule has 1 heterocycles. The van der Waals surface area contributed by atoms with Crippen LogP contribution in [-0.4, -0.2) is 56.9 Å². The molecule has 0 spiro atoms. The number of nitrogens with one attached hydrogen (secondary N) is 2. The first-order valence-corrected chi connectivity index (χ1v) is 8.84. The van der Waals surface area contributed by atoms with E-state index in [9.17, 15) is 13.2 Å². The zero-order valence-corrected chi connectivity index (χ0v) is 15.3. The quantitative estimate of drug-likeness (QED) is 0.571. The van der Waals surface area contributed by atoms with E-state index in [2.05, 4.69) is 15.6 Å². The van der Waals surface area contributed by atoms with Gasteiger partial charge in [-0.25, -0.2) is 4.99 Å². The van der Waals surface area contributed by atoms with Gasteiger partial charge in [-0.15, -0.1) is 0 Å². The SMILES string of the molecule is CCNC(=NCc1cccc(OC)c1)NCC1CCN(CC(F)(F)F)C1. The molecule has 1 saturated heterocycles. The van der Waals surface area contributed by atoms with E-state index in [1.807, 2.05) is 31.2 Å². The molecule has 1 unspecified atom stereocenters. The van der Waals surface area contributed by atoms with Crippen LogP contribution in [0.15, 0.2) is 29.3 Å². The van der Waals surface area contributed by atoms with E-state index in [0.717, 1.165) is 24.3 Å². The molecule has 146 valence electrons. The summed E-state index contributed by atoms with van der Waals surface area (Å²) < 4.78 is 42.6. The molecule has 0 amide bonds.